The van der Waals surface area contributed by atoms with Crippen LogP contribution in [0.25, 0.3) is 5.69 Å². The van der Waals surface area contributed by atoms with Gasteiger partial charge < -0.3 is 4.90 Å². The lowest BCUT2D eigenvalue weighted by molar-refractivity contribution is 0.0786. The van der Waals surface area contributed by atoms with E-state index < -0.39 is 0 Å². The lowest BCUT2D eigenvalue weighted by Crippen LogP contribution is -2.31. The molecule has 1 aromatic heterocycles. The Labute approximate surface area is 177 Å². The second-order valence-corrected chi connectivity index (χ2v) is 8.30. The molecule has 6 nitrogen and oxygen atoms in total. The van der Waals surface area contributed by atoms with Gasteiger partial charge >= 0.3 is 0 Å². The van der Waals surface area contributed by atoms with Crippen molar-refractivity contribution >= 4 is 5.91 Å². The van der Waals surface area contributed by atoms with Crippen LogP contribution >= 0.6 is 0 Å². The van der Waals surface area contributed by atoms with E-state index in [2.05, 4.69) is 63.7 Å². The van der Waals surface area contributed by atoms with Crippen molar-refractivity contribution in [3.63, 3.8) is 0 Å². The fraction of sp³-hybridized carbons (Fsp3) is 0.375. The van der Waals surface area contributed by atoms with Crippen LogP contribution in [0.5, 0.6) is 0 Å². The average molecular weight is 402 g/mol. The molecule has 2 aromatic carbocycles. The number of hydrogen-bond donors (Lipinski definition) is 0. The van der Waals surface area contributed by atoms with Crippen molar-refractivity contribution in [2.75, 3.05) is 19.6 Å². The lowest BCUT2D eigenvalue weighted by Gasteiger charge is -2.30. The van der Waals surface area contributed by atoms with E-state index in [-0.39, 0.29) is 5.91 Å². The second-order valence-electron chi connectivity index (χ2n) is 8.30. The predicted octanol–water partition coefficient (Wildman–Crippen LogP) is 3.37. The number of rotatable bonds is 4. The molecule has 0 atom stereocenters. The number of carbonyl (C=O) groups is 1. The molecule has 1 amide bonds. The molecule has 30 heavy (non-hydrogen) atoms. The van der Waals surface area contributed by atoms with Crippen molar-refractivity contribution in [2.45, 2.75) is 39.3 Å². The molecular weight excluding hydrogens is 374 g/mol. The summed E-state index contributed by atoms with van der Waals surface area (Å²) in [5.74, 6) is 0.00934. The Hall–Kier alpha value is -2.99. The highest BCUT2D eigenvalue weighted by molar-refractivity contribution is 5.93. The van der Waals surface area contributed by atoms with Gasteiger partial charge in [-0.3, -0.25) is 9.69 Å². The number of benzene rings is 2. The number of likely N-dealkylation sites (tertiary alicyclic amines) is 1. The molecule has 0 aliphatic carbocycles. The molecule has 5 rings (SSSR count). The first-order valence-electron chi connectivity index (χ1n) is 10.8. The highest BCUT2D eigenvalue weighted by Gasteiger charge is 2.26. The summed E-state index contributed by atoms with van der Waals surface area (Å²) >= 11 is 0. The minimum Gasteiger partial charge on any atom is -0.337 e. The Bertz CT molecular complexity index is 1050. The zero-order valence-corrected chi connectivity index (χ0v) is 17.4. The maximum atomic E-state index is 12.8. The quantitative estimate of drug-likeness (QED) is 0.673. The number of hydrogen-bond acceptors (Lipinski definition) is 4. The molecule has 154 valence electrons. The Morgan fingerprint density at radius 3 is 2.60 bits per heavy atom. The van der Waals surface area contributed by atoms with Crippen LogP contribution < -0.4 is 0 Å². The molecule has 0 unspecified atom stereocenters. The van der Waals surface area contributed by atoms with Crippen LogP contribution in [-0.2, 0) is 19.5 Å². The van der Waals surface area contributed by atoms with Gasteiger partial charge in [-0.1, -0.05) is 47.7 Å². The Kier molecular flexibility index (Phi) is 5.09. The highest BCUT2D eigenvalue weighted by Crippen LogP contribution is 2.27. The van der Waals surface area contributed by atoms with E-state index in [9.17, 15) is 4.79 Å². The fourth-order valence-corrected chi connectivity index (χ4v) is 4.65. The summed E-state index contributed by atoms with van der Waals surface area (Å²) < 4.78 is 1.86. The highest BCUT2D eigenvalue weighted by atomic mass is 16.2. The van der Waals surface area contributed by atoms with Crippen molar-refractivity contribution in [1.82, 2.24) is 24.8 Å². The molecule has 0 radical (unpaired) electrons. The zero-order valence-electron chi connectivity index (χ0n) is 17.4. The van der Waals surface area contributed by atoms with Crippen LogP contribution in [-0.4, -0.2) is 50.3 Å². The molecule has 2 aliphatic rings. The van der Waals surface area contributed by atoms with Crippen molar-refractivity contribution in [3.8, 4) is 5.69 Å². The number of fused-ring (bicyclic) bond motifs is 1. The van der Waals surface area contributed by atoms with Crippen LogP contribution in [0, 0.1) is 6.92 Å². The molecule has 0 spiro atoms. The molecule has 1 fully saturated rings. The van der Waals surface area contributed by atoms with E-state index in [1.807, 2.05) is 16.5 Å². The van der Waals surface area contributed by atoms with Crippen LogP contribution in [0.2, 0.25) is 0 Å². The Morgan fingerprint density at radius 2 is 1.80 bits per heavy atom. The van der Waals surface area contributed by atoms with Gasteiger partial charge in [0, 0.05) is 32.7 Å². The first kappa shape index (κ1) is 19.0. The van der Waals surface area contributed by atoms with Gasteiger partial charge in [-0.2, -0.15) is 0 Å². The summed E-state index contributed by atoms with van der Waals surface area (Å²) in [5.41, 5.74) is 6.35. The van der Waals surface area contributed by atoms with Gasteiger partial charge in [0.15, 0.2) is 5.69 Å². The summed E-state index contributed by atoms with van der Waals surface area (Å²) in [6.07, 6.45) is 3.11. The summed E-state index contributed by atoms with van der Waals surface area (Å²) in [4.78, 5) is 17.2. The van der Waals surface area contributed by atoms with Gasteiger partial charge in [0.25, 0.3) is 5.91 Å². The van der Waals surface area contributed by atoms with E-state index in [1.54, 1.807) is 0 Å². The first-order chi connectivity index (χ1) is 14.7. The van der Waals surface area contributed by atoms with Gasteiger partial charge in [0.2, 0.25) is 0 Å². The van der Waals surface area contributed by atoms with Crippen LogP contribution in [0.3, 0.4) is 0 Å². The van der Waals surface area contributed by atoms with Gasteiger partial charge in [0.1, 0.15) is 0 Å². The number of carbonyl (C=O) groups excluding carboxylic acids is 1. The molecule has 0 saturated carbocycles. The monoisotopic (exact) mass is 401 g/mol. The standard InChI is InChI=1S/C24H27N5O/c1-18-23(24(30)28-13-5-6-14-28)25-26-29(18)22-11-7-10-20-17-27(15-12-21(20)22)16-19-8-3-2-4-9-19/h2-4,7-11H,5-6,12-17H2,1H3. The predicted molar refractivity (Wildman–Crippen MR) is 115 cm³/mol. The maximum absolute atomic E-state index is 12.8. The van der Waals surface area contributed by atoms with E-state index in [4.69, 9.17) is 0 Å². The minimum absolute atomic E-state index is 0.00934. The van der Waals surface area contributed by atoms with E-state index in [1.165, 1.54) is 16.7 Å². The van der Waals surface area contributed by atoms with Crippen molar-refractivity contribution < 1.29 is 4.79 Å². The zero-order chi connectivity index (χ0) is 20.5. The van der Waals surface area contributed by atoms with Gasteiger partial charge in [-0.25, -0.2) is 4.68 Å². The van der Waals surface area contributed by atoms with Crippen molar-refractivity contribution in [2.24, 2.45) is 0 Å². The first-order valence-corrected chi connectivity index (χ1v) is 10.8. The minimum atomic E-state index is 0.00934. The SMILES string of the molecule is Cc1c(C(=O)N2CCCC2)nnn1-c1cccc2c1CCN(Cc1ccccc1)C2. The van der Waals surface area contributed by atoms with E-state index >= 15 is 0 Å². The third-order valence-corrected chi connectivity index (χ3v) is 6.29. The average Bonchev–Trinajstić information content (AvgIpc) is 3.44. The van der Waals surface area contributed by atoms with E-state index in [0.29, 0.717) is 5.69 Å². The molecule has 3 aromatic rings. The van der Waals surface area contributed by atoms with Gasteiger partial charge in [0.05, 0.1) is 11.4 Å². The molecule has 0 bridgehead atoms. The van der Waals surface area contributed by atoms with Gasteiger partial charge in [-0.15, -0.1) is 5.10 Å². The summed E-state index contributed by atoms with van der Waals surface area (Å²) in [6.45, 7) is 6.48. The molecule has 3 heterocycles. The maximum Gasteiger partial charge on any atom is 0.276 e. The molecular formula is C24H27N5O. The molecule has 0 N–H and O–H groups in total. The normalized spacial score (nSPS) is 16.6. The molecule has 1 saturated heterocycles. The van der Waals surface area contributed by atoms with Crippen LogP contribution in [0.15, 0.2) is 48.5 Å². The summed E-state index contributed by atoms with van der Waals surface area (Å²) in [6, 6.07) is 17.0. The summed E-state index contributed by atoms with van der Waals surface area (Å²) in [7, 11) is 0. The van der Waals surface area contributed by atoms with Crippen molar-refractivity contribution in [1.29, 1.82) is 0 Å². The van der Waals surface area contributed by atoms with Gasteiger partial charge in [-0.05, 0) is 48.9 Å². The largest absolute Gasteiger partial charge is 0.337 e. The van der Waals surface area contributed by atoms with E-state index in [0.717, 1.165) is 63.4 Å². The summed E-state index contributed by atoms with van der Waals surface area (Å²) in [5, 5.41) is 8.65. The lowest BCUT2D eigenvalue weighted by atomic mass is 9.97. The van der Waals surface area contributed by atoms with Crippen LogP contribution in [0.4, 0.5) is 0 Å². The van der Waals surface area contributed by atoms with Crippen molar-refractivity contribution in [3.05, 3.63) is 76.6 Å². The number of aromatic nitrogens is 3. The third kappa shape index (κ3) is 3.52. The third-order valence-electron chi connectivity index (χ3n) is 6.29. The number of amides is 1. The second kappa shape index (κ2) is 8.03. The smallest absolute Gasteiger partial charge is 0.276 e. The Balaban J connectivity index is 1.40. The Morgan fingerprint density at radius 1 is 1.00 bits per heavy atom. The molecule has 6 heteroatoms. The topological polar surface area (TPSA) is 54.3 Å². The number of nitrogens with zero attached hydrogens (tertiary/aromatic N) is 5. The fourth-order valence-electron chi connectivity index (χ4n) is 4.65. The van der Waals surface area contributed by atoms with Crippen LogP contribution in [0.1, 0.15) is 45.7 Å². The molecule has 2 aliphatic heterocycles.